The van der Waals surface area contributed by atoms with Crippen LogP contribution in [0.5, 0.6) is 0 Å². The summed E-state index contributed by atoms with van der Waals surface area (Å²) < 4.78 is 5.50. The maximum absolute atomic E-state index is 11.4. The number of rotatable bonds is 4. The Kier molecular flexibility index (Phi) is 4.56. The molecule has 1 aromatic carbocycles. The normalized spacial score (nSPS) is 20.6. The molecular weight excluding hydrogens is 264 g/mol. The summed E-state index contributed by atoms with van der Waals surface area (Å²) in [5.41, 5.74) is 1.35. The molecule has 2 aliphatic heterocycles. The summed E-state index contributed by atoms with van der Waals surface area (Å²) in [6.07, 6.45) is 2.20. The molecular formula is C17H24N2O2. The first-order valence-corrected chi connectivity index (χ1v) is 7.87. The van der Waals surface area contributed by atoms with Crippen molar-refractivity contribution in [2.75, 3.05) is 26.3 Å². The van der Waals surface area contributed by atoms with Gasteiger partial charge in [0.25, 0.3) is 0 Å². The van der Waals surface area contributed by atoms with Gasteiger partial charge >= 0.3 is 0 Å². The highest BCUT2D eigenvalue weighted by molar-refractivity contribution is 5.74. The van der Waals surface area contributed by atoms with Crippen molar-refractivity contribution in [2.24, 2.45) is 0 Å². The zero-order valence-electron chi connectivity index (χ0n) is 12.7. The summed E-state index contributed by atoms with van der Waals surface area (Å²) in [4.78, 5) is 15.9. The van der Waals surface area contributed by atoms with Crippen LogP contribution in [0.4, 0.5) is 0 Å². The molecule has 0 atom stereocenters. The lowest BCUT2D eigenvalue weighted by Gasteiger charge is -2.48. The van der Waals surface area contributed by atoms with Crippen LogP contribution in [0.2, 0.25) is 0 Å². The minimum atomic E-state index is 0.192. The molecule has 114 valence electrons. The van der Waals surface area contributed by atoms with Gasteiger partial charge in [-0.1, -0.05) is 30.3 Å². The monoisotopic (exact) mass is 288 g/mol. The molecule has 0 N–H and O–H groups in total. The first kappa shape index (κ1) is 14.5. The van der Waals surface area contributed by atoms with E-state index in [1.165, 1.54) is 5.56 Å². The molecule has 1 amide bonds. The lowest BCUT2D eigenvalue weighted by atomic mass is 9.98. The fourth-order valence-electron chi connectivity index (χ4n) is 3.29. The summed E-state index contributed by atoms with van der Waals surface area (Å²) >= 11 is 0. The van der Waals surface area contributed by atoms with Crippen LogP contribution in [0, 0.1) is 0 Å². The third kappa shape index (κ3) is 3.44. The summed E-state index contributed by atoms with van der Waals surface area (Å²) in [5, 5.41) is 0. The van der Waals surface area contributed by atoms with Gasteiger partial charge in [0.2, 0.25) is 5.91 Å². The Hall–Kier alpha value is -1.39. The second-order valence-electron chi connectivity index (χ2n) is 6.08. The van der Waals surface area contributed by atoms with Crippen molar-refractivity contribution in [3.05, 3.63) is 35.9 Å². The second-order valence-corrected chi connectivity index (χ2v) is 6.08. The highest BCUT2D eigenvalue weighted by atomic mass is 16.5. The Morgan fingerprint density at radius 1 is 1.19 bits per heavy atom. The van der Waals surface area contributed by atoms with Gasteiger partial charge in [-0.3, -0.25) is 9.69 Å². The van der Waals surface area contributed by atoms with Crippen LogP contribution in [0.15, 0.2) is 30.3 Å². The molecule has 1 aromatic rings. The Morgan fingerprint density at radius 3 is 2.48 bits per heavy atom. The van der Waals surface area contributed by atoms with Gasteiger partial charge in [0.05, 0.1) is 0 Å². The van der Waals surface area contributed by atoms with Crippen LogP contribution in [0.3, 0.4) is 0 Å². The molecule has 2 saturated heterocycles. The van der Waals surface area contributed by atoms with Gasteiger partial charge in [0, 0.05) is 51.9 Å². The van der Waals surface area contributed by atoms with Gasteiger partial charge in [-0.15, -0.1) is 0 Å². The highest BCUT2D eigenvalue weighted by Crippen LogP contribution is 2.25. The van der Waals surface area contributed by atoms with Gasteiger partial charge in [-0.05, 0) is 18.4 Å². The van der Waals surface area contributed by atoms with Crippen molar-refractivity contribution in [1.29, 1.82) is 0 Å². The van der Waals surface area contributed by atoms with Crippen LogP contribution in [0.1, 0.15) is 25.3 Å². The first-order chi connectivity index (χ1) is 10.2. The molecule has 0 radical (unpaired) electrons. The van der Waals surface area contributed by atoms with Crippen molar-refractivity contribution in [3.8, 4) is 0 Å². The number of benzene rings is 1. The average molecular weight is 288 g/mol. The molecule has 2 heterocycles. The van der Waals surface area contributed by atoms with Crippen LogP contribution < -0.4 is 0 Å². The Labute approximate surface area is 126 Å². The summed E-state index contributed by atoms with van der Waals surface area (Å²) in [5.74, 6) is 0.192. The van der Waals surface area contributed by atoms with E-state index in [9.17, 15) is 4.79 Å². The van der Waals surface area contributed by atoms with E-state index in [4.69, 9.17) is 4.74 Å². The predicted octanol–water partition coefficient (Wildman–Crippen LogP) is 1.90. The maximum atomic E-state index is 11.4. The van der Waals surface area contributed by atoms with Gasteiger partial charge in [0.15, 0.2) is 0 Å². The predicted molar refractivity (Wildman–Crippen MR) is 81.9 cm³/mol. The quantitative estimate of drug-likeness (QED) is 0.848. The molecule has 4 nitrogen and oxygen atoms in total. The lowest BCUT2D eigenvalue weighted by molar-refractivity contribution is -0.138. The number of likely N-dealkylation sites (tertiary alicyclic amines) is 1. The van der Waals surface area contributed by atoms with E-state index in [0.29, 0.717) is 12.1 Å². The van der Waals surface area contributed by atoms with Crippen molar-refractivity contribution in [2.45, 2.75) is 38.4 Å². The number of nitrogens with zero attached hydrogens (tertiary/aromatic N) is 2. The SMILES string of the molecule is CC(=O)N1CC(N(Cc2ccccc2)C2CCOCC2)C1. The van der Waals surface area contributed by atoms with E-state index in [2.05, 4.69) is 35.2 Å². The van der Waals surface area contributed by atoms with Crippen molar-refractivity contribution < 1.29 is 9.53 Å². The largest absolute Gasteiger partial charge is 0.381 e. The number of carbonyl (C=O) groups excluding carboxylic acids is 1. The van der Waals surface area contributed by atoms with E-state index in [1.54, 1.807) is 6.92 Å². The van der Waals surface area contributed by atoms with Crippen LogP contribution in [-0.4, -0.2) is 54.1 Å². The van der Waals surface area contributed by atoms with Gasteiger partial charge in [-0.2, -0.15) is 0 Å². The molecule has 0 aromatic heterocycles. The third-order valence-electron chi connectivity index (χ3n) is 4.64. The topological polar surface area (TPSA) is 32.8 Å². The first-order valence-electron chi connectivity index (χ1n) is 7.87. The average Bonchev–Trinajstić information content (AvgIpc) is 2.46. The standard InChI is InChI=1S/C17H24N2O2/c1-14(20)18-12-17(13-18)19(16-7-9-21-10-8-16)11-15-5-3-2-4-6-15/h2-6,16-17H,7-13H2,1H3. The molecule has 0 saturated carbocycles. The molecule has 0 aliphatic carbocycles. The maximum Gasteiger partial charge on any atom is 0.219 e. The van der Waals surface area contributed by atoms with Gasteiger partial charge in [-0.25, -0.2) is 0 Å². The Morgan fingerprint density at radius 2 is 1.86 bits per heavy atom. The number of amides is 1. The van der Waals surface area contributed by atoms with E-state index in [-0.39, 0.29) is 5.91 Å². The molecule has 21 heavy (non-hydrogen) atoms. The van der Waals surface area contributed by atoms with Crippen LogP contribution in [-0.2, 0) is 16.1 Å². The zero-order valence-corrected chi connectivity index (χ0v) is 12.7. The highest BCUT2D eigenvalue weighted by Gasteiger charge is 2.37. The minimum absolute atomic E-state index is 0.192. The molecule has 0 unspecified atom stereocenters. The second kappa shape index (κ2) is 6.58. The number of ether oxygens (including phenoxy) is 1. The van der Waals surface area contributed by atoms with Crippen LogP contribution in [0.25, 0.3) is 0 Å². The smallest absolute Gasteiger partial charge is 0.219 e. The Balaban J connectivity index is 1.67. The fourth-order valence-corrected chi connectivity index (χ4v) is 3.29. The third-order valence-corrected chi connectivity index (χ3v) is 4.64. The number of carbonyl (C=O) groups is 1. The molecule has 0 bridgehead atoms. The molecule has 4 heteroatoms. The zero-order chi connectivity index (χ0) is 14.7. The molecule has 3 rings (SSSR count). The van der Waals surface area contributed by atoms with E-state index in [0.717, 1.165) is 45.7 Å². The summed E-state index contributed by atoms with van der Waals surface area (Å²) in [6.45, 7) is 6.10. The van der Waals surface area contributed by atoms with Crippen molar-refractivity contribution in [1.82, 2.24) is 9.80 Å². The van der Waals surface area contributed by atoms with E-state index in [1.807, 2.05) is 4.90 Å². The van der Waals surface area contributed by atoms with Gasteiger partial charge in [0.1, 0.15) is 0 Å². The van der Waals surface area contributed by atoms with Crippen LogP contribution >= 0.6 is 0 Å². The summed E-state index contributed by atoms with van der Waals surface area (Å²) in [7, 11) is 0. The van der Waals surface area contributed by atoms with Crippen molar-refractivity contribution >= 4 is 5.91 Å². The minimum Gasteiger partial charge on any atom is -0.381 e. The van der Waals surface area contributed by atoms with Crippen molar-refractivity contribution in [3.63, 3.8) is 0 Å². The lowest BCUT2D eigenvalue weighted by Crippen LogP contribution is -2.62. The fraction of sp³-hybridized carbons (Fsp3) is 0.588. The van der Waals surface area contributed by atoms with E-state index < -0.39 is 0 Å². The van der Waals surface area contributed by atoms with E-state index >= 15 is 0 Å². The van der Waals surface area contributed by atoms with Gasteiger partial charge < -0.3 is 9.64 Å². The number of hydrogen-bond donors (Lipinski definition) is 0. The Bertz CT molecular complexity index is 465. The molecule has 2 fully saturated rings. The number of hydrogen-bond acceptors (Lipinski definition) is 3. The molecule has 0 spiro atoms. The molecule has 2 aliphatic rings. The summed E-state index contributed by atoms with van der Waals surface area (Å²) in [6, 6.07) is 11.7.